The van der Waals surface area contributed by atoms with Gasteiger partial charge in [-0.2, -0.15) is 9.40 Å². The molecule has 0 spiro atoms. The number of hydrogen-bond acceptors (Lipinski definition) is 4. The number of sulfonamides is 1. The fourth-order valence-corrected chi connectivity index (χ4v) is 4.60. The van der Waals surface area contributed by atoms with Crippen LogP contribution in [0.15, 0.2) is 41.8 Å². The zero-order chi connectivity index (χ0) is 15.6. The summed E-state index contributed by atoms with van der Waals surface area (Å²) < 4.78 is 29.3. The van der Waals surface area contributed by atoms with Crippen LogP contribution in [0.25, 0.3) is 0 Å². The molecule has 6 nitrogen and oxygen atoms in total. The highest BCUT2D eigenvalue weighted by molar-refractivity contribution is 7.89. The zero-order valence-corrected chi connectivity index (χ0v) is 13.4. The smallest absolute Gasteiger partial charge is 0.245 e. The zero-order valence-electron chi connectivity index (χ0n) is 12.6. The van der Waals surface area contributed by atoms with Crippen LogP contribution in [-0.4, -0.2) is 34.0 Å². The van der Waals surface area contributed by atoms with Crippen LogP contribution in [0.4, 0.5) is 0 Å². The maximum absolute atomic E-state index is 13.0. The predicted molar refractivity (Wildman–Crippen MR) is 82.5 cm³/mol. The molecule has 2 aromatic rings. The molecule has 1 aliphatic heterocycles. The molecule has 0 unspecified atom stereocenters. The average Bonchev–Trinajstić information content (AvgIpc) is 2.81. The van der Waals surface area contributed by atoms with Gasteiger partial charge in [-0.25, -0.2) is 8.42 Å². The molecule has 7 heteroatoms. The van der Waals surface area contributed by atoms with Gasteiger partial charge in [0.25, 0.3) is 0 Å². The van der Waals surface area contributed by atoms with Crippen LogP contribution in [0.1, 0.15) is 37.3 Å². The van der Waals surface area contributed by atoms with Crippen molar-refractivity contribution in [3.05, 3.63) is 42.5 Å². The van der Waals surface area contributed by atoms with Crippen LogP contribution in [-0.2, 0) is 17.1 Å². The van der Waals surface area contributed by atoms with E-state index in [0.29, 0.717) is 6.54 Å². The molecule has 1 fully saturated rings. The van der Waals surface area contributed by atoms with E-state index in [2.05, 4.69) is 10.1 Å². The summed E-state index contributed by atoms with van der Waals surface area (Å²) in [6, 6.07) is 3.11. The standard InChI is InChI=1S/C15H20N4O2S/c1-18-12-13(10-17-18)15-7-3-2-4-9-19(15)22(20,21)14-6-5-8-16-11-14/h5-6,8,10-12,15H,2-4,7,9H2,1H3/t15-/m1/s1. The summed E-state index contributed by atoms with van der Waals surface area (Å²) >= 11 is 0. The van der Waals surface area contributed by atoms with Crippen molar-refractivity contribution in [2.75, 3.05) is 6.54 Å². The summed E-state index contributed by atoms with van der Waals surface area (Å²) in [5.74, 6) is 0. The normalized spacial score (nSPS) is 20.7. The first-order valence-corrected chi connectivity index (χ1v) is 8.93. The van der Waals surface area contributed by atoms with E-state index in [4.69, 9.17) is 0 Å². The lowest BCUT2D eigenvalue weighted by atomic mass is 10.1. The van der Waals surface area contributed by atoms with Gasteiger partial charge in [0.2, 0.25) is 10.0 Å². The molecular formula is C15H20N4O2S. The van der Waals surface area contributed by atoms with Gasteiger partial charge in [-0.1, -0.05) is 12.8 Å². The van der Waals surface area contributed by atoms with Gasteiger partial charge in [-0.15, -0.1) is 0 Å². The van der Waals surface area contributed by atoms with E-state index in [0.717, 1.165) is 31.2 Å². The number of aryl methyl sites for hydroxylation is 1. The third-order valence-electron chi connectivity index (χ3n) is 4.05. The second-order valence-corrected chi connectivity index (χ2v) is 7.51. The Morgan fingerprint density at radius 2 is 2.09 bits per heavy atom. The lowest BCUT2D eigenvalue weighted by molar-refractivity contribution is 0.328. The molecule has 2 aromatic heterocycles. The van der Waals surface area contributed by atoms with Crippen molar-refractivity contribution in [3.8, 4) is 0 Å². The van der Waals surface area contributed by atoms with Crippen LogP contribution >= 0.6 is 0 Å². The Balaban J connectivity index is 2.00. The minimum absolute atomic E-state index is 0.151. The molecule has 0 N–H and O–H groups in total. The third-order valence-corrected chi connectivity index (χ3v) is 5.95. The summed E-state index contributed by atoms with van der Waals surface area (Å²) in [7, 11) is -1.69. The third kappa shape index (κ3) is 2.91. The summed E-state index contributed by atoms with van der Waals surface area (Å²) in [6.45, 7) is 0.538. The number of aromatic nitrogens is 3. The first-order chi connectivity index (χ1) is 10.6. The fraction of sp³-hybridized carbons (Fsp3) is 0.467. The minimum atomic E-state index is -3.54. The first kappa shape index (κ1) is 15.2. The van der Waals surface area contributed by atoms with Crippen molar-refractivity contribution >= 4 is 10.0 Å². The molecule has 3 rings (SSSR count). The van der Waals surface area contributed by atoms with Crippen LogP contribution in [0.2, 0.25) is 0 Å². The van der Waals surface area contributed by atoms with E-state index in [-0.39, 0.29) is 10.9 Å². The molecule has 1 atom stereocenters. The van der Waals surface area contributed by atoms with Crippen LogP contribution in [0.5, 0.6) is 0 Å². The number of hydrogen-bond donors (Lipinski definition) is 0. The van der Waals surface area contributed by atoms with Gasteiger partial charge >= 0.3 is 0 Å². The second-order valence-electron chi connectivity index (χ2n) is 5.62. The minimum Gasteiger partial charge on any atom is -0.275 e. The highest BCUT2D eigenvalue weighted by atomic mass is 32.2. The summed E-state index contributed by atoms with van der Waals surface area (Å²) in [6.07, 6.45) is 10.5. The molecule has 1 aliphatic rings. The molecule has 22 heavy (non-hydrogen) atoms. The Hall–Kier alpha value is -1.73. The summed E-state index contributed by atoms with van der Waals surface area (Å²) in [5.41, 5.74) is 0.955. The van der Waals surface area contributed by atoms with Crippen LogP contribution in [0, 0.1) is 0 Å². The van der Waals surface area contributed by atoms with Gasteiger partial charge < -0.3 is 0 Å². The van der Waals surface area contributed by atoms with Crippen molar-refractivity contribution in [2.45, 2.75) is 36.6 Å². The Bertz CT molecular complexity index is 727. The van der Waals surface area contributed by atoms with Gasteiger partial charge in [0, 0.05) is 37.7 Å². The molecule has 118 valence electrons. The average molecular weight is 320 g/mol. The molecule has 0 radical (unpaired) electrons. The van der Waals surface area contributed by atoms with Gasteiger partial charge in [0.05, 0.1) is 12.2 Å². The maximum atomic E-state index is 13.0. The molecule has 3 heterocycles. The number of rotatable bonds is 3. The van der Waals surface area contributed by atoms with Crippen molar-refractivity contribution in [1.29, 1.82) is 0 Å². The van der Waals surface area contributed by atoms with E-state index in [9.17, 15) is 8.42 Å². The molecular weight excluding hydrogens is 300 g/mol. The largest absolute Gasteiger partial charge is 0.275 e. The van der Waals surface area contributed by atoms with Gasteiger partial charge in [0.1, 0.15) is 4.90 Å². The Labute approximate surface area is 130 Å². The highest BCUT2D eigenvalue weighted by Crippen LogP contribution is 2.34. The highest BCUT2D eigenvalue weighted by Gasteiger charge is 2.34. The van der Waals surface area contributed by atoms with Gasteiger partial charge in [-0.3, -0.25) is 9.67 Å². The molecule has 0 aromatic carbocycles. The molecule has 0 aliphatic carbocycles. The van der Waals surface area contributed by atoms with Crippen LogP contribution < -0.4 is 0 Å². The second kappa shape index (κ2) is 6.18. The Morgan fingerprint density at radius 3 is 2.77 bits per heavy atom. The van der Waals surface area contributed by atoms with Gasteiger partial charge in [-0.05, 0) is 25.0 Å². The quantitative estimate of drug-likeness (QED) is 0.869. The van der Waals surface area contributed by atoms with Gasteiger partial charge in [0.15, 0.2) is 0 Å². The monoisotopic (exact) mass is 320 g/mol. The van der Waals surface area contributed by atoms with Crippen molar-refractivity contribution in [2.24, 2.45) is 7.05 Å². The van der Waals surface area contributed by atoms with E-state index in [1.54, 1.807) is 33.5 Å². The van der Waals surface area contributed by atoms with E-state index in [1.807, 2.05) is 13.2 Å². The molecule has 0 saturated carbocycles. The predicted octanol–water partition coefficient (Wildman–Crippen LogP) is 2.12. The Morgan fingerprint density at radius 1 is 1.23 bits per heavy atom. The number of pyridine rings is 1. The van der Waals surface area contributed by atoms with E-state index < -0.39 is 10.0 Å². The van der Waals surface area contributed by atoms with E-state index in [1.165, 1.54) is 6.20 Å². The molecule has 0 bridgehead atoms. The van der Waals surface area contributed by atoms with Crippen molar-refractivity contribution in [3.63, 3.8) is 0 Å². The molecule has 0 amide bonds. The van der Waals surface area contributed by atoms with Crippen molar-refractivity contribution < 1.29 is 8.42 Å². The van der Waals surface area contributed by atoms with E-state index >= 15 is 0 Å². The number of nitrogens with zero attached hydrogens (tertiary/aromatic N) is 4. The summed E-state index contributed by atoms with van der Waals surface area (Å²) in [5, 5.41) is 4.19. The maximum Gasteiger partial charge on any atom is 0.245 e. The topological polar surface area (TPSA) is 68.1 Å². The lowest BCUT2D eigenvalue weighted by Gasteiger charge is -2.28. The van der Waals surface area contributed by atoms with Crippen molar-refractivity contribution in [1.82, 2.24) is 19.1 Å². The molecule has 1 saturated heterocycles. The fourth-order valence-electron chi connectivity index (χ4n) is 2.95. The summed E-state index contributed by atoms with van der Waals surface area (Å²) in [4.78, 5) is 4.20. The first-order valence-electron chi connectivity index (χ1n) is 7.49. The lowest BCUT2D eigenvalue weighted by Crippen LogP contribution is -2.34. The Kier molecular flexibility index (Phi) is 4.26. The SMILES string of the molecule is Cn1cc([C@H]2CCCCCN2S(=O)(=O)c2cccnc2)cn1. The van der Waals surface area contributed by atoms with Crippen LogP contribution in [0.3, 0.4) is 0 Å².